The number of hydrogen-bond donors (Lipinski definition) is 0. The molecule has 2 unspecified atom stereocenters. The molecule has 0 N–H and O–H groups in total. The van der Waals surface area contributed by atoms with Crippen LogP contribution >= 0.6 is 0 Å². The van der Waals surface area contributed by atoms with Crippen LogP contribution in [0.5, 0.6) is 0 Å². The monoisotopic (exact) mass is 172 g/mol. The van der Waals surface area contributed by atoms with Crippen LogP contribution in [0, 0.1) is 11.8 Å². The Balaban J connectivity index is 2.14. The fourth-order valence-electron chi connectivity index (χ4n) is 3.48. The van der Waals surface area contributed by atoms with Gasteiger partial charge < -0.3 is 0 Å². The largest absolute Gasteiger partial charge is 0.0620 e. The predicted molar refractivity (Wildman–Crippen MR) is 54.8 cm³/mol. The van der Waals surface area contributed by atoms with E-state index in [-0.39, 0.29) is 0 Å². The molecule has 1 aromatic carbocycles. The van der Waals surface area contributed by atoms with E-state index in [1.54, 1.807) is 11.1 Å². The van der Waals surface area contributed by atoms with E-state index in [1.165, 1.54) is 12.8 Å². The Hall–Kier alpha value is -0.780. The van der Waals surface area contributed by atoms with E-state index in [0.717, 1.165) is 11.8 Å². The fourth-order valence-corrected chi connectivity index (χ4v) is 3.48. The highest BCUT2D eigenvalue weighted by Gasteiger charge is 2.61. The number of benzene rings is 1. The first-order valence-electron chi connectivity index (χ1n) is 5.35. The number of rotatable bonds is 0. The van der Waals surface area contributed by atoms with Crippen molar-refractivity contribution in [2.24, 2.45) is 11.8 Å². The van der Waals surface area contributed by atoms with Crippen molar-refractivity contribution in [3.05, 3.63) is 35.4 Å². The van der Waals surface area contributed by atoms with Gasteiger partial charge in [0.25, 0.3) is 0 Å². The van der Waals surface area contributed by atoms with Gasteiger partial charge >= 0.3 is 0 Å². The summed E-state index contributed by atoms with van der Waals surface area (Å²) < 4.78 is 0. The molecule has 2 aliphatic rings. The van der Waals surface area contributed by atoms with Gasteiger partial charge in [-0.25, -0.2) is 0 Å². The third kappa shape index (κ3) is 0.727. The lowest BCUT2D eigenvalue weighted by Gasteiger charge is -2.09. The normalized spacial score (nSPS) is 40.8. The Kier molecular flexibility index (Phi) is 1.27. The van der Waals surface area contributed by atoms with Crippen molar-refractivity contribution < 1.29 is 0 Å². The van der Waals surface area contributed by atoms with Crippen LogP contribution in [0.25, 0.3) is 0 Å². The van der Waals surface area contributed by atoms with Crippen LogP contribution in [0.4, 0.5) is 0 Å². The highest BCUT2D eigenvalue weighted by molar-refractivity contribution is 5.46. The minimum Gasteiger partial charge on any atom is -0.0620 e. The zero-order valence-corrected chi connectivity index (χ0v) is 8.38. The molecule has 0 radical (unpaired) electrons. The molecule has 0 bridgehead atoms. The van der Waals surface area contributed by atoms with Gasteiger partial charge in [-0.05, 0) is 35.8 Å². The second-order valence-corrected chi connectivity index (χ2v) is 4.77. The first-order chi connectivity index (χ1) is 6.27. The molecule has 0 nitrogen and oxygen atoms in total. The van der Waals surface area contributed by atoms with Crippen LogP contribution in [-0.2, 0) is 11.8 Å². The molecule has 13 heavy (non-hydrogen) atoms. The molecule has 0 saturated heterocycles. The van der Waals surface area contributed by atoms with Gasteiger partial charge in [-0.3, -0.25) is 0 Å². The average molecular weight is 172 g/mol. The van der Waals surface area contributed by atoms with Gasteiger partial charge in [0.05, 0.1) is 0 Å². The lowest BCUT2D eigenvalue weighted by Crippen LogP contribution is -2.04. The molecule has 0 amide bonds. The highest BCUT2D eigenvalue weighted by atomic mass is 14.6. The molecule has 2 atom stereocenters. The standard InChI is InChI=1S/C13H16/c1-9-10(2)13(9)8-7-11-5-3-4-6-12(11)13/h3-6,9-10H,7-8H2,1-2H3. The van der Waals surface area contributed by atoms with E-state index < -0.39 is 0 Å². The maximum atomic E-state index is 2.41. The Morgan fingerprint density at radius 3 is 2.54 bits per heavy atom. The van der Waals surface area contributed by atoms with Crippen LogP contribution in [0.3, 0.4) is 0 Å². The molecule has 1 saturated carbocycles. The summed E-state index contributed by atoms with van der Waals surface area (Å²) in [5, 5.41) is 0. The molecular weight excluding hydrogens is 156 g/mol. The molecule has 1 fully saturated rings. The Labute approximate surface area is 80.0 Å². The van der Waals surface area contributed by atoms with Crippen molar-refractivity contribution in [1.29, 1.82) is 0 Å². The Morgan fingerprint density at radius 1 is 1.15 bits per heavy atom. The first kappa shape index (κ1) is 7.61. The summed E-state index contributed by atoms with van der Waals surface area (Å²) in [6.45, 7) is 4.82. The topological polar surface area (TPSA) is 0 Å². The van der Waals surface area contributed by atoms with E-state index in [1.807, 2.05) is 0 Å². The number of aryl methyl sites for hydroxylation is 1. The van der Waals surface area contributed by atoms with Gasteiger partial charge in [0.2, 0.25) is 0 Å². The molecule has 0 aromatic heterocycles. The number of fused-ring (bicyclic) bond motifs is 2. The number of hydrogen-bond acceptors (Lipinski definition) is 0. The molecule has 68 valence electrons. The van der Waals surface area contributed by atoms with E-state index >= 15 is 0 Å². The van der Waals surface area contributed by atoms with Crippen LogP contribution in [-0.4, -0.2) is 0 Å². The zero-order valence-electron chi connectivity index (χ0n) is 8.38. The summed E-state index contributed by atoms with van der Waals surface area (Å²) >= 11 is 0. The summed E-state index contributed by atoms with van der Waals surface area (Å²) in [5.74, 6) is 1.83. The third-order valence-electron chi connectivity index (χ3n) is 4.59. The molecule has 0 heteroatoms. The van der Waals surface area contributed by atoms with Gasteiger partial charge in [-0.2, -0.15) is 0 Å². The second kappa shape index (κ2) is 2.17. The quantitative estimate of drug-likeness (QED) is 0.564. The van der Waals surface area contributed by atoms with Crippen LogP contribution < -0.4 is 0 Å². The van der Waals surface area contributed by atoms with E-state index in [9.17, 15) is 0 Å². The predicted octanol–water partition coefficient (Wildman–Crippen LogP) is 3.16. The molecule has 0 heterocycles. The van der Waals surface area contributed by atoms with E-state index in [4.69, 9.17) is 0 Å². The highest BCUT2D eigenvalue weighted by Crippen LogP contribution is 2.65. The van der Waals surface area contributed by atoms with E-state index in [0.29, 0.717) is 5.41 Å². The van der Waals surface area contributed by atoms with Crippen molar-refractivity contribution in [3.63, 3.8) is 0 Å². The van der Waals surface area contributed by atoms with Crippen molar-refractivity contribution in [1.82, 2.24) is 0 Å². The maximum Gasteiger partial charge on any atom is 0.00158 e. The Morgan fingerprint density at radius 2 is 1.85 bits per heavy atom. The first-order valence-corrected chi connectivity index (χ1v) is 5.35. The molecular formula is C13H16. The lowest BCUT2D eigenvalue weighted by molar-refractivity contribution is 0.601. The molecule has 0 aliphatic heterocycles. The molecule has 2 aliphatic carbocycles. The summed E-state index contributed by atoms with van der Waals surface area (Å²) in [5.41, 5.74) is 3.87. The molecule has 1 aromatic rings. The summed E-state index contributed by atoms with van der Waals surface area (Å²) in [6, 6.07) is 9.03. The van der Waals surface area contributed by atoms with Gasteiger partial charge in [0.1, 0.15) is 0 Å². The minimum absolute atomic E-state index is 0.594. The zero-order chi connectivity index (χ0) is 9.05. The SMILES string of the molecule is CC1C(C)C12CCc1ccccc12. The van der Waals surface area contributed by atoms with Crippen molar-refractivity contribution in [2.75, 3.05) is 0 Å². The van der Waals surface area contributed by atoms with Gasteiger partial charge in [0, 0.05) is 5.41 Å². The molecule has 1 spiro atoms. The van der Waals surface area contributed by atoms with Gasteiger partial charge in [-0.1, -0.05) is 38.1 Å². The van der Waals surface area contributed by atoms with Crippen LogP contribution in [0.1, 0.15) is 31.4 Å². The van der Waals surface area contributed by atoms with Gasteiger partial charge in [-0.15, -0.1) is 0 Å². The summed E-state index contributed by atoms with van der Waals surface area (Å²) in [4.78, 5) is 0. The van der Waals surface area contributed by atoms with Gasteiger partial charge in [0.15, 0.2) is 0 Å². The minimum atomic E-state index is 0.594. The summed E-state index contributed by atoms with van der Waals surface area (Å²) in [6.07, 6.45) is 2.71. The Bertz CT molecular complexity index is 343. The third-order valence-corrected chi connectivity index (χ3v) is 4.59. The summed E-state index contributed by atoms with van der Waals surface area (Å²) in [7, 11) is 0. The smallest absolute Gasteiger partial charge is 0.00158 e. The lowest BCUT2D eigenvalue weighted by atomic mass is 9.94. The van der Waals surface area contributed by atoms with E-state index in [2.05, 4.69) is 38.1 Å². The van der Waals surface area contributed by atoms with Crippen molar-refractivity contribution in [2.45, 2.75) is 32.1 Å². The van der Waals surface area contributed by atoms with Crippen LogP contribution in [0.15, 0.2) is 24.3 Å². The molecule has 3 rings (SSSR count). The fraction of sp³-hybridized carbons (Fsp3) is 0.538. The average Bonchev–Trinajstić information content (AvgIpc) is 2.59. The van der Waals surface area contributed by atoms with Crippen molar-refractivity contribution >= 4 is 0 Å². The maximum absolute atomic E-state index is 2.41. The van der Waals surface area contributed by atoms with Crippen molar-refractivity contribution in [3.8, 4) is 0 Å². The van der Waals surface area contributed by atoms with Crippen LogP contribution in [0.2, 0.25) is 0 Å². The second-order valence-electron chi connectivity index (χ2n) is 4.77.